The van der Waals surface area contributed by atoms with Gasteiger partial charge >= 0.3 is 0 Å². The molecule has 0 bridgehead atoms. The van der Waals surface area contributed by atoms with Gasteiger partial charge in [0.2, 0.25) is 0 Å². The van der Waals surface area contributed by atoms with Crippen LogP contribution in [0.4, 0.5) is 0 Å². The number of phenolic OH excluding ortho intramolecular Hbond substituents is 6. The van der Waals surface area contributed by atoms with Crippen molar-refractivity contribution >= 4 is 205 Å². The molecular weight excluding hydrogens is 1840 g/mol. The van der Waals surface area contributed by atoms with Gasteiger partial charge in [0, 0.05) is 40.3 Å². The van der Waals surface area contributed by atoms with Crippen molar-refractivity contribution in [3.63, 3.8) is 0 Å². The van der Waals surface area contributed by atoms with E-state index in [0.717, 1.165) is 39.1 Å². The second-order valence-corrected chi connectivity index (χ2v) is 32.0. The number of fused-ring (bicyclic) bond motifs is 6. The van der Waals surface area contributed by atoms with Gasteiger partial charge in [-0.3, -0.25) is 70.9 Å². The molecule has 0 atom stereocenters. The lowest BCUT2D eigenvalue weighted by Gasteiger charge is -2.20. The van der Waals surface area contributed by atoms with Crippen LogP contribution in [0.1, 0.15) is 104 Å². The Labute approximate surface area is 766 Å². The molecule has 0 radical (unpaired) electrons. The number of hydrogen-bond donors (Lipinski definition) is 9. The second kappa shape index (κ2) is 45.8. The molecule has 123 heavy (non-hydrogen) atoms. The van der Waals surface area contributed by atoms with Crippen molar-refractivity contribution in [2.24, 2.45) is 14.1 Å². The molecule has 6 aromatic carbocycles. The summed E-state index contributed by atoms with van der Waals surface area (Å²) in [6, 6.07) is 8.11. The summed E-state index contributed by atoms with van der Waals surface area (Å²) < 4.78 is 9.04. The average Bonchev–Trinajstić information content (AvgIpc) is 0.758. The molecule has 12 rings (SSSR count). The number of halogens is 12. The summed E-state index contributed by atoms with van der Waals surface area (Å²) in [7, 11) is 8.60. The van der Waals surface area contributed by atoms with Gasteiger partial charge in [-0.1, -0.05) is 187 Å². The normalized spacial score (nSPS) is 11.3. The van der Waals surface area contributed by atoms with E-state index >= 15 is 0 Å². The quantitative estimate of drug-likeness (QED) is 0.0269. The Morgan fingerprint density at radius 2 is 0.610 bits per heavy atom. The fourth-order valence-corrected chi connectivity index (χ4v) is 15.9. The minimum absolute atomic E-state index is 0.0570. The minimum Gasteiger partial charge on any atom is -0.504 e. The third-order valence-corrected chi connectivity index (χ3v) is 22.8. The first-order chi connectivity index (χ1) is 58.2. The van der Waals surface area contributed by atoms with Crippen LogP contribution in [0.3, 0.4) is 0 Å². The summed E-state index contributed by atoms with van der Waals surface area (Å²) >= 11 is 71.7. The van der Waals surface area contributed by atoms with E-state index < -0.39 is 0 Å². The predicted octanol–water partition coefficient (Wildman–Crippen LogP) is 15.3. The van der Waals surface area contributed by atoms with Gasteiger partial charge in [-0.2, -0.15) is 0 Å². The lowest BCUT2D eigenvalue weighted by molar-refractivity contribution is 0.282. The van der Waals surface area contributed by atoms with Crippen molar-refractivity contribution in [1.82, 2.24) is 88.0 Å². The Morgan fingerprint density at radius 3 is 0.894 bits per heavy atom. The molecule has 0 saturated heterocycles. The van der Waals surface area contributed by atoms with Crippen LogP contribution in [0.5, 0.6) is 34.5 Å². The SMILES string of the molecule is C#CCN(C)Cc1nc2c(O)c(Cl)cc(Cl)c2c(=O)n1CC.CCCn1c(CNC)nc2c(O)c(Cl)cc(Cl)c2c1=O.CCN(CC)Cc1nc2c(O)c(Cl)cc(Cl)c2c(=O)n1C.CCN(CC)Cc1nc2c(O)c(Cl)cc(Cl)c2c(=O)n1CC.CCNCc1nc2c(O)c(Cl)cc(Cl)c2c(=O)n1C.CCn1c(CNC)nc2c(O)c(Cl)cc(Cl)c2c1=O. The Balaban J connectivity index is 0.000000203. The van der Waals surface area contributed by atoms with Gasteiger partial charge < -0.3 is 46.6 Å². The van der Waals surface area contributed by atoms with E-state index in [1.54, 1.807) is 37.3 Å². The maximum absolute atomic E-state index is 12.7. The number of terminal acetylenes is 1. The number of phenols is 6. The third-order valence-electron chi connectivity index (χ3n) is 19.3. The molecular formula is C81H92Cl12N18O12. The van der Waals surface area contributed by atoms with E-state index in [1.807, 2.05) is 74.3 Å². The van der Waals surface area contributed by atoms with Crippen LogP contribution in [0.25, 0.3) is 65.4 Å². The summed E-state index contributed by atoms with van der Waals surface area (Å²) in [6.45, 7) is 26.7. The highest BCUT2D eigenvalue weighted by Gasteiger charge is 2.26. The molecule has 42 heteroatoms. The van der Waals surface area contributed by atoms with Crippen molar-refractivity contribution in [3.05, 3.63) is 194 Å². The number of nitrogens with zero attached hydrogens (tertiary/aromatic N) is 15. The molecule has 662 valence electrons. The Hall–Kier alpha value is -8.24. The van der Waals surface area contributed by atoms with Gasteiger partial charge in [0.25, 0.3) is 33.4 Å². The highest BCUT2D eigenvalue weighted by molar-refractivity contribution is 6.43. The van der Waals surface area contributed by atoms with E-state index in [4.69, 9.17) is 146 Å². The van der Waals surface area contributed by atoms with Crippen LogP contribution in [0.2, 0.25) is 60.3 Å². The second-order valence-electron chi connectivity index (χ2n) is 27.1. The summed E-state index contributed by atoms with van der Waals surface area (Å²) in [5.41, 5.74) is -0.887. The van der Waals surface area contributed by atoms with Crippen molar-refractivity contribution in [2.75, 3.05) is 60.4 Å². The highest BCUT2D eigenvalue weighted by Crippen LogP contribution is 2.41. The average molecular weight is 1940 g/mol. The van der Waals surface area contributed by atoms with E-state index in [2.05, 4.69) is 61.6 Å². The predicted molar refractivity (Wildman–Crippen MR) is 497 cm³/mol. The zero-order valence-electron chi connectivity index (χ0n) is 69.4. The molecule has 30 nitrogen and oxygen atoms in total. The Bertz CT molecular complexity index is 6390. The number of hydrogen-bond acceptors (Lipinski definition) is 24. The molecule has 0 aliphatic heterocycles. The van der Waals surface area contributed by atoms with E-state index in [9.17, 15) is 59.4 Å². The summed E-state index contributed by atoms with van der Waals surface area (Å²) in [5, 5.41) is 71.8. The standard InChI is InChI=1S/C15H15Cl2N3O2.C15H19Cl2N3O2.C14H17Cl2N3O2.C13H15Cl2N3O2.2C12H13Cl2N3O2/c1-4-6-19(3)8-11-18-13-12(15(22)20(11)5-2)9(16)7-10(17)14(13)21;1-4-19(5-2)8-11-18-13-12(15(22)20(11)6-3)9(16)7-10(17)14(13)21;1-4-19(5-2)7-10-17-12-11(14(21)18(10)3)8(15)6-9(16)13(12)20;1-3-4-18-9(6-16-2)17-11-10(13(18)20)7(14)5-8(15)12(11)19;1-3-15-5-8-16-10-9(12(19)17(8)2)6(13)4-7(14)11(10)18;1-3-17-8(5-15-2)16-10-9(12(17)19)6(13)4-7(14)11(10)18/h1,7,21H,5-6,8H2,2-3H3;7,21H,4-6,8H2,1-3H3;6,20H,4-5,7H2,1-3H3;5,16,19H,3-4,6H2,1-2H3;2*4,15,18H,3,5H2,1-2H3. The molecule has 9 N–H and O–H groups in total. The fraction of sp³-hybridized carbons (Fsp3) is 0.383. The molecule has 12 aromatic rings. The molecule has 0 saturated carbocycles. The van der Waals surface area contributed by atoms with E-state index in [0.29, 0.717) is 107 Å². The highest BCUT2D eigenvalue weighted by atomic mass is 35.5. The molecule has 0 aliphatic carbocycles. The molecule has 0 aliphatic rings. The molecule has 0 spiro atoms. The van der Waals surface area contributed by atoms with Crippen molar-refractivity contribution < 1.29 is 30.6 Å². The first-order valence-electron chi connectivity index (χ1n) is 38.3. The molecule has 0 fully saturated rings. The van der Waals surface area contributed by atoms with Crippen molar-refractivity contribution in [3.8, 4) is 46.8 Å². The summed E-state index contributed by atoms with van der Waals surface area (Å²) in [6.07, 6.45) is 6.08. The van der Waals surface area contributed by atoms with Crippen molar-refractivity contribution in [1.29, 1.82) is 0 Å². The maximum atomic E-state index is 12.7. The maximum Gasteiger partial charge on any atom is 0.263 e. The van der Waals surface area contributed by atoms with E-state index in [-0.39, 0.29) is 194 Å². The first kappa shape index (κ1) is 102. The van der Waals surface area contributed by atoms with Crippen LogP contribution in [0, 0.1) is 12.3 Å². The third kappa shape index (κ3) is 22.8. The summed E-state index contributed by atoms with van der Waals surface area (Å²) in [4.78, 5) is 107. The lowest BCUT2D eigenvalue weighted by Crippen LogP contribution is -2.30. The number of nitrogens with one attached hydrogen (secondary N) is 3. The Morgan fingerprint density at radius 1 is 0.358 bits per heavy atom. The number of aromatic nitrogens is 12. The number of benzene rings is 6. The molecule has 6 aromatic heterocycles. The van der Waals surface area contributed by atoms with Crippen LogP contribution >= 0.6 is 139 Å². The van der Waals surface area contributed by atoms with Gasteiger partial charge in [0.05, 0.1) is 138 Å². The fourth-order valence-electron chi connectivity index (χ4n) is 12.7. The zero-order valence-corrected chi connectivity index (χ0v) is 78.5. The Kier molecular flexibility index (Phi) is 37.9. The van der Waals surface area contributed by atoms with Crippen LogP contribution in [0.15, 0.2) is 65.2 Å². The lowest BCUT2D eigenvalue weighted by atomic mass is 10.2. The number of aromatic hydroxyl groups is 6. The van der Waals surface area contributed by atoms with Crippen LogP contribution in [-0.2, 0) is 79.5 Å². The van der Waals surface area contributed by atoms with Crippen LogP contribution in [-0.4, -0.2) is 163 Å². The van der Waals surface area contributed by atoms with Gasteiger partial charge in [0.15, 0.2) is 34.5 Å². The van der Waals surface area contributed by atoms with Gasteiger partial charge in [-0.15, -0.1) is 6.42 Å². The largest absolute Gasteiger partial charge is 0.504 e. The first-order valence-corrected chi connectivity index (χ1v) is 42.9. The smallest absolute Gasteiger partial charge is 0.263 e. The number of rotatable bonds is 23. The van der Waals surface area contributed by atoms with Gasteiger partial charge in [-0.05, 0) is 117 Å². The van der Waals surface area contributed by atoms with Crippen LogP contribution < -0.4 is 49.3 Å². The topological polar surface area (TPSA) is 377 Å². The minimum atomic E-state index is -0.312. The zero-order chi connectivity index (χ0) is 91.8. The monoisotopic (exact) mass is 1930 g/mol. The van der Waals surface area contributed by atoms with Gasteiger partial charge in [0.1, 0.15) is 68.0 Å². The molecule has 0 unspecified atom stereocenters. The van der Waals surface area contributed by atoms with Gasteiger partial charge in [-0.25, -0.2) is 29.9 Å². The molecule has 6 heterocycles. The molecule has 0 amide bonds. The summed E-state index contributed by atoms with van der Waals surface area (Å²) in [5.74, 6) is 4.41. The van der Waals surface area contributed by atoms with Crippen molar-refractivity contribution in [2.45, 2.75) is 134 Å². The van der Waals surface area contributed by atoms with E-state index in [1.165, 1.54) is 54.7 Å².